The minimum atomic E-state index is -0.407. The van der Waals surface area contributed by atoms with E-state index in [4.69, 9.17) is 4.74 Å². The molecule has 0 radical (unpaired) electrons. The summed E-state index contributed by atoms with van der Waals surface area (Å²) in [4.78, 5) is 26.9. The second-order valence-electron chi connectivity index (χ2n) is 8.27. The molecular formula is C26H20N2O3. The zero-order valence-electron chi connectivity index (χ0n) is 16.9. The molecule has 0 saturated carbocycles. The van der Waals surface area contributed by atoms with Crippen molar-refractivity contribution in [2.75, 3.05) is 7.11 Å². The Labute approximate surface area is 180 Å². The summed E-state index contributed by atoms with van der Waals surface area (Å²) in [6.07, 6.45) is 1.56. The lowest BCUT2D eigenvalue weighted by molar-refractivity contribution is -0.139. The van der Waals surface area contributed by atoms with Gasteiger partial charge >= 0.3 is 0 Å². The van der Waals surface area contributed by atoms with Gasteiger partial charge in [-0.2, -0.15) is 10.1 Å². The highest BCUT2D eigenvalue weighted by molar-refractivity contribution is 6.08. The smallest absolute Gasteiger partial charge is 0.254 e. The molecule has 2 amide bonds. The van der Waals surface area contributed by atoms with Crippen LogP contribution in [0.5, 0.6) is 5.75 Å². The molecule has 1 heterocycles. The van der Waals surface area contributed by atoms with Gasteiger partial charge in [0.1, 0.15) is 5.75 Å². The van der Waals surface area contributed by atoms with Gasteiger partial charge in [-0.15, -0.1) is 0 Å². The molecule has 0 spiro atoms. The molecule has 1 saturated heterocycles. The molecule has 0 unspecified atom stereocenters. The van der Waals surface area contributed by atoms with Gasteiger partial charge in [-0.3, -0.25) is 9.59 Å². The fourth-order valence-electron chi connectivity index (χ4n) is 5.59. The van der Waals surface area contributed by atoms with Crippen molar-refractivity contribution < 1.29 is 14.3 Å². The fraction of sp³-hybridized carbons (Fsp3) is 0.192. The maximum atomic E-state index is 13.5. The van der Waals surface area contributed by atoms with Crippen LogP contribution in [0.25, 0.3) is 0 Å². The second kappa shape index (κ2) is 6.64. The third-order valence-corrected chi connectivity index (χ3v) is 6.86. The van der Waals surface area contributed by atoms with E-state index in [1.807, 2.05) is 48.5 Å². The topological polar surface area (TPSA) is 59.0 Å². The molecule has 5 heteroatoms. The molecule has 5 nitrogen and oxygen atoms in total. The van der Waals surface area contributed by atoms with E-state index in [2.05, 4.69) is 29.4 Å². The van der Waals surface area contributed by atoms with Crippen LogP contribution in [0, 0.1) is 11.8 Å². The van der Waals surface area contributed by atoms with Crippen molar-refractivity contribution in [3.63, 3.8) is 0 Å². The van der Waals surface area contributed by atoms with E-state index in [1.165, 1.54) is 0 Å². The molecule has 0 N–H and O–H groups in total. The number of carbonyl (C=O) groups is 2. The number of imide groups is 1. The Balaban J connectivity index is 1.41. The third kappa shape index (κ3) is 2.46. The monoisotopic (exact) mass is 408 g/mol. The van der Waals surface area contributed by atoms with Gasteiger partial charge in [0.25, 0.3) is 11.8 Å². The van der Waals surface area contributed by atoms with E-state index in [1.54, 1.807) is 13.3 Å². The van der Waals surface area contributed by atoms with E-state index >= 15 is 0 Å². The Hall–Kier alpha value is -3.73. The number of methoxy groups -OCH3 is 1. The highest BCUT2D eigenvalue weighted by atomic mass is 16.5. The van der Waals surface area contributed by atoms with Crippen molar-refractivity contribution in [1.29, 1.82) is 0 Å². The zero-order valence-corrected chi connectivity index (χ0v) is 16.9. The highest BCUT2D eigenvalue weighted by Gasteiger charge is 2.61. The van der Waals surface area contributed by atoms with Gasteiger partial charge in [0, 0.05) is 11.8 Å². The summed E-state index contributed by atoms with van der Waals surface area (Å²) in [5.74, 6) is -0.716. The van der Waals surface area contributed by atoms with E-state index < -0.39 is 11.8 Å². The number of ether oxygens (including phenoxy) is 1. The molecule has 2 bridgehead atoms. The van der Waals surface area contributed by atoms with Crippen LogP contribution in [-0.2, 0) is 9.59 Å². The van der Waals surface area contributed by atoms with Crippen molar-refractivity contribution in [3.8, 4) is 5.75 Å². The molecule has 4 aliphatic rings. The van der Waals surface area contributed by atoms with Gasteiger partial charge in [-0.25, -0.2) is 0 Å². The molecule has 7 rings (SSSR count). The highest BCUT2D eigenvalue weighted by Crippen LogP contribution is 2.60. The normalized spacial score (nSPS) is 25.5. The van der Waals surface area contributed by atoms with Crippen LogP contribution in [-0.4, -0.2) is 30.1 Å². The van der Waals surface area contributed by atoms with Crippen LogP contribution in [0.2, 0.25) is 0 Å². The summed E-state index contributed by atoms with van der Waals surface area (Å²) in [5, 5.41) is 5.42. The molecule has 0 aromatic heterocycles. The lowest BCUT2D eigenvalue weighted by Crippen LogP contribution is -2.41. The van der Waals surface area contributed by atoms with Crippen molar-refractivity contribution in [3.05, 3.63) is 101 Å². The molecule has 2 atom stereocenters. The van der Waals surface area contributed by atoms with Crippen LogP contribution in [0.15, 0.2) is 77.9 Å². The summed E-state index contributed by atoms with van der Waals surface area (Å²) in [7, 11) is 1.61. The Morgan fingerprint density at radius 3 is 1.61 bits per heavy atom. The van der Waals surface area contributed by atoms with Crippen LogP contribution in [0.3, 0.4) is 0 Å². The fourth-order valence-corrected chi connectivity index (χ4v) is 5.59. The minimum absolute atomic E-state index is 0.111. The van der Waals surface area contributed by atoms with Gasteiger partial charge in [0.2, 0.25) is 0 Å². The summed E-state index contributed by atoms with van der Waals surface area (Å²) in [6, 6.07) is 23.8. The first-order valence-electron chi connectivity index (χ1n) is 10.4. The average Bonchev–Trinajstić information content (AvgIpc) is 3.08. The largest absolute Gasteiger partial charge is 0.497 e. The Morgan fingerprint density at radius 2 is 1.19 bits per heavy atom. The molecule has 152 valence electrons. The first-order chi connectivity index (χ1) is 15.2. The van der Waals surface area contributed by atoms with Crippen molar-refractivity contribution in [2.45, 2.75) is 11.8 Å². The maximum Gasteiger partial charge on any atom is 0.254 e. The Kier molecular flexibility index (Phi) is 3.87. The van der Waals surface area contributed by atoms with Crippen LogP contribution in [0.4, 0.5) is 0 Å². The second-order valence-corrected chi connectivity index (χ2v) is 8.27. The predicted octanol–water partition coefficient (Wildman–Crippen LogP) is 3.92. The molecule has 3 aromatic rings. The predicted molar refractivity (Wildman–Crippen MR) is 116 cm³/mol. The molecule has 3 aliphatic carbocycles. The molecule has 1 fully saturated rings. The average molecular weight is 408 g/mol. The first kappa shape index (κ1) is 18.1. The van der Waals surface area contributed by atoms with E-state index in [0.29, 0.717) is 0 Å². The van der Waals surface area contributed by atoms with Crippen molar-refractivity contribution in [1.82, 2.24) is 5.01 Å². The SMILES string of the molecule is COc1ccc(/C=N\N2C(=O)[C@@H]3C4c5ccccc5C(c5ccccc54)[C@H]3C2=O)cc1. The molecule has 31 heavy (non-hydrogen) atoms. The maximum absolute atomic E-state index is 13.5. The summed E-state index contributed by atoms with van der Waals surface area (Å²) < 4.78 is 5.17. The number of benzene rings is 3. The van der Waals surface area contributed by atoms with Gasteiger partial charge in [0.05, 0.1) is 25.2 Å². The third-order valence-electron chi connectivity index (χ3n) is 6.86. The first-order valence-corrected chi connectivity index (χ1v) is 10.4. The van der Waals surface area contributed by atoms with Gasteiger partial charge in [-0.1, -0.05) is 48.5 Å². The standard InChI is InChI=1S/C26H20N2O3/c1-31-16-12-10-15(11-13-16)14-27-28-25(29)23-21-17-6-2-3-7-18(17)22(24(23)26(28)30)20-9-5-4-8-19(20)21/h2-14,21-24H,1H3/b27-14-/t21?,22?,23-,24-/m1/s1. The van der Waals surface area contributed by atoms with Crippen LogP contribution in [0.1, 0.15) is 39.7 Å². The van der Waals surface area contributed by atoms with Gasteiger partial charge < -0.3 is 4.74 Å². The summed E-state index contributed by atoms with van der Waals surface area (Å²) >= 11 is 0. The van der Waals surface area contributed by atoms with E-state index in [-0.39, 0.29) is 23.7 Å². The number of amides is 2. The lowest BCUT2D eigenvalue weighted by Gasteiger charge is -2.45. The number of carbonyl (C=O) groups excluding carboxylic acids is 2. The van der Waals surface area contributed by atoms with Gasteiger partial charge in [0.15, 0.2) is 0 Å². The Morgan fingerprint density at radius 1 is 0.742 bits per heavy atom. The summed E-state index contributed by atoms with van der Waals surface area (Å²) in [6.45, 7) is 0. The van der Waals surface area contributed by atoms with E-state index in [9.17, 15) is 9.59 Å². The molecule has 3 aromatic carbocycles. The Bertz CT molecular complexity index is 1130. The number of hydrazone groups is 1. The summed E-state index contributed by atoms with van der Waals surface area (Å²) in [5.41, 5.74) is 5.44. The van der Waals surface area contributed by atoms with Crippen molar-refractivity contribution >= 4 is 18.0 Å². The minimum Gasteiger partial charge on any atom is -0.497 e. The molecule has 1 aliphatic heterocycles. The number of hydrogen-bond donors (Lipinski definition) is 0. The number of rotatable bonds is 3. The van der Waals surface area contributed by atoms with Crippen molar-refractivity contribution in [2.24, 2.45) is 16.9 Å². The van der Waals surface area contributed by atoms with Crippen LogP contribution >= 0.6 is 0 Å². The van der Waals surface area contributed by atoms with E-state index in [0.717, 1.165) is 38.6 Å². The lowest BCUT2D eigenvalue weighted by atomic mass is 9.55. The molecular weight excluding hydrogens is 388 g/mol. The quantitative estimate of drug-likeness (QED) is 0.488. The van der Waals surface area contributed by atoms with Crippen LogP contribution < -0.4 is 4.74 Å². The number of nitrogens with zero attached hydrogens (tertiary/aromatic N) is 2. The number of hydrogen-bond acceptors (Lipinski definition) is 4. The zero-order chi connectivity index (χ0) is 21.1. The van der Waals surface area contributed by atoms with Gasteiger partial charge in [-0.05, 0) is 52.1 Å².